The Morgan fingerprint density at radius 2 is 1.52 bits per heavy atom. The van der Waals surface area contributed by atoms with Crippen molar-refractivity contribution in [2.24, 2.45) is 0 Å². The summed E-state index contributed by atoms with van der Waals surface area (Å²) in [7, 11) is 1.24. The van der Waals surface area contributed by atoms with E-state index in [1.165, 1.54) is 55.9 Å². The Balaban J connectivity index is 1.77. The van der Waals surface area contributed by atoms with Crippen molar-refractivity contribution in [2.75, 3.05) is 17.7 Å². The van der Waals surface area contributed by atoms with Gasteiger partial charge in [0.2, 0.25) is 0 Å². The summed E-state index contributed by atoms with van der Waals surface area (Å²) in [6.07, 6.45) is 2.60. The quantitative estimate of drug-likeness (QED) is 0.647. The predicted molar refractivity (Wildman–Crippen MR) is 104 cm³/mol. The van der Waals surface area contributed by atoms with Gasteiger partial charge in [0.25, 0.3) is 11.8 Å². The van der Waals surface area contributed by atoms with E-state index >= 15 is 0 Å². The maximum atomic E-state index is 13.0. The molecule has 2 aromatic carbocycles. The van der Waals surface area contributed by atoms with Crippen molar-refractivity contribution in [3.63, 3.8) is 0 Å². The summed E-state index contributed by atoms with van der Waals surface area (Å²) in [6, 6.07) is 13.0. The van der Waals surface area contributed by atoms with Crippen LogP contribution in [0.3, 0.4) is 0 Å². The average Bonchev–Trinajstić information content (AvgIpc) is 2.75. The molecule has 0 bridgehead atoms. The first-order chi connectivity index (χ1) is 14.0. The van der Waals surface area contributed by atoms with Gasteiger partial charge in [0.1, 0.15) is 5.82 Å². The van der Waals surface area contributed by atoms with Gasteiger partial charge in [-0.25, -0.2) is 9.18 Å². The van der Waals surface area contributed by atoms with Crippen LogP contribution < -0.4 is 10.6 Å². The molecule has 3 aromatic rings. The Kier molecular flexibility index (Phi) is 5.94. The number of nitrogens with zero attached hydrogens (tertiary/aromatic N) is 1. The number of carbonyl (C=O) groups is 3. The minimum Gasteiger partial charge on any atom is -0.465 e. The van der Waals surface area contributed by atoms with Crippen LogP contribution in [-0.4, -0.2) is 29.9 Å². The Hall–Kier alpha value is -4.07. The Morgan fingerprint density at radius 1 is 0.897 bits per heavy atom. The van der Waals surface area contributed by atoms with E-state index in [0.717, 1.165) is 0 Å². The molecule has 0 aliphatic rings. The number of carbonyl (C=O) groups excluding carboxylic acids is 3. The largest absolute Gasteiger partial charge is 0.465 e. The van der Waals surface area contributed by atoms with Crippen molar-refractivity contribution in [2.45, 2.75) is 0 Å². The lowest BCUT2D eigenvalue weighted by Crippen LogP contribution is -2.17. The maximum absolute atomic E-state index is 13.0. The van der Waals surface area contributed by atoms with Crippen LogP contribution in [0.2, 0.25) is 0 Å². The Morgan fingerprint density at radius 3 is 2.17 bits per heavy atom. The normalized spacial score (nSPS) is 10.1. The number of anilines is 2. The zero-order valence-corrected chi connectivity index (χ0v) is 15.3. The lowest BCUT2D eigenvalue weighted by molar-refractivity contribution is 0.0601. The molecular formula is C21H16FN3O4. The van der Waals surface area contributed by atoms with Crippen LogP contribution in [0.4, 0.5) is 15.8 Å². The minimum atomic E-state index is -0.591. The molecule has 1 aromatic heterocycles. The minimum absolute atomic E-state index is 0.122. The molecule has 0 fully saturated rings. The van der Waals surface area contributed by atoms with E-state index in [-0.39, 0.29) is 22.4 Å². The van der Waals surface area contributed by atoms with Gasteiger partial charge < -0.3 is 15.4 Å². The van der Waals surface area contributed by atoms with Crippen LogP contribution in [0.25, 0.3) is 0 Å². The lowest BCUT2D eigenvalue weighted by atomic mass is 10.1. The fourth-order valence-corrected chi connectivity index (χ4v) is 2.50. The van der Waals surface area contributed by atoms with Gasteiger partial charge >= 0.3 is 5.97 Å². The number of nitrogens with one attached hydrogen (secondary N) is 2. The highest BCUT2D eigenvalue weighted by atomic mass is 19.1. The second kappa shape index (κ2) is 8.75. The fraction of sp³-hybridized carbons (Fsp3) is 0.0476. The van der Waals surface area contributed by atoms with Crippen molar-refractivity contribution >= 4 is 29.2 Å². The zero-order chi connectivity index (χ0) is 20.8. The van der Waals surface area contributed by atoms with Crippen molar-refractivity contribution < 1.29 is 23.5 Å². The number of aromatic nitrogens is 1. The molecule has 0 unspecified atom stereocenters. The number of esters is 1. The van der Waals surface area contributed by atoms with Crippen molar-refractivity contribution in [1.82, 2.24) is 4.98 Å². The third-order valence-corrected chi connectivity index (χ3v) is 3.95. The van der Waals surface area contributed by atoms with E-state index in [1.807, 2.05) is 0 Å². The molecule has 0 saturated heterocycles. The summed E-state index contributed by atoms with van der Waals surface area (Å²) >= 11 is 0. The summed E-state index contributed by atoms with van der Waals surface area (Å²) in [6.45, 7) is 0. The molecule has 1 heterocycles. The molecular weight excluding hydrogens is 377 g/mol. The number of amides is 2. The maximum Gasteiger partial charge on any atom is 0.339 e. The smallest absolute Gasteiger partial charge is 0.339 e. The Labute approximate surface area is 165 Å². The van der Waals surface area contributed by atoms with Gasteiger partial charge in [-0.1, -0.05) is 12.1 Å². The fourth-order valence-electron chi connectivity index (χ4n) is 2.50. The van der Waals surface area contributed by atoms with E-state index in [4.69, 9.17) is 4.74 Å². The van der Waals surface area contributed by atoms with Crippen LogP contribution in [0, 0.1) is 5.82 Å². The number of halogens is 1. The lowest BCUT2D eigenvalue weighted by Gasteiger charge is -2.10. The second-order valence-corrected chi connectivity index (χ2v) is 5.91. The summed E-state index contributed by atoms with van der Waals surface area (Å²) in [5.74, 6) is -2.07. The van der Waals surface area contributed by atoms with Crippen molar-refractivity contribution in [3.8, 4) is 0 Å². The monoisotopic (exact) mass is 393 g/mol. The van der Waals surface area contributed by atoms with Crippen LogP contribution in [0.1, 0.15) is 31.1 Å². The topological polar surface area (TPSA) is 97.4 Å². The van der Waals surface area contributed by atoms with Crippen LogP contribution >= 0.6 is 0 Å². The summed E-state index contributed by atoms with van der Waals surface area (Å²) in [4.78, 5) is 40.7. The number of rotatable bonds is 5. The summed E-state index contributed by atoms with van der Waals surface area (Å²) in [5, 5.41) is 5.21. The average molecular weight is 393 g/mol. The second-order valence-electron chi connectivity index (χ2n) is 5.91. The van der Waals surface area contributed by atoms with Crippen LogP contribution in [0.15, 0.2) is 67.0 Å². The molecule has 29 heavy (non-hydrogen) atoms. The zero-order valence-electron chi connectivity index (χ0n) is 15.3. The predicted octanol–water partition coefficient (Wildman–Crippen LogP) is 3.51. The molecule has 2 amide bonds. The molecule has 0 aliphatic heterocycles. The number of para-hydroxylation sites is 1. The number of hydrogen-bond donors (Lipinski definition) is 2. The number of hydrogen-bond acceptors (Lipinski definition) is 5. The van der Waals surface area contributed by atoms with E-state index in [9.17, 15) is 18.8 Å². The van der Waals surface area contributed by atoms with Gasteiger partial charge in [-0.15, -0.1) is 0 Å². The molecule has 0 spiro atoms. The van der Waals surface area contributed by atoms with Crippen molar-refractivity contribution in [3.05, 3.63) is 89.5 Å². The first-order valence-corrected chi connectivity index (χ1v) is 8.48. The molecule has 8 heteroatoms. The molecule has 3 rings (SSSR count). The number of pyridine rings is 1. The number of ether oxygens (including phenoxy) is 1. The molecule has 0 radical (unpaired) electrons. The molecule has 0 atom stereocenters. The number of methoxy groups -OCH3 is 1. The molecule has 0 saturated carbocycles. The van der Waals surface area contributed by atoms with Gasteiger partial charge in [0.15, 0.2) is 0 Å². The molecule has 7 nitrogen and oxygen atoms in total. The van der Waals surface area contributed by atoms with E-state index in [2.05, 4.69) is 15.6 Å². The Bertz CT molecular complexity index is 1070. The van der Waals surface area contributed by atoms with Gasteiger partial charge in [0.05, 0.1) is 29.5 Å². The van der Waals surface area contributed by atoms with E-state index in [0.29, 0.717) is 5.69 Å². The van der Waals surface area contributed by atoms with E-state index in [1.54, 1.807) is 18.2 Å². The van der Waals surface area contributed by atoms with Crippen LogP contribution in [-0.2, 0) is 4.74 Å². The first kappa shape index (κ1) is 19.7. The van der Waals surface area contributed by atoms with Gasteiger partial charge in [-0.05, 0) is 42.5 Å². The molecule has 0 aliphatic carbocycles. The van der Waals surface area contributed by atoms with Gasteiger partial charge in [-0.3, -0.25) is 14.6 Å². The summed E-state index contributed by atoms with van der Waals surface area (Å²) in [5.41, 5.74) is 1.13. The third-order valence-electron chi connectivity index (χ3n) is 3.95. The third kappa shape index (κ3) is 4.81. The van der Waals surface area contributed by atoms with Crippen molar-refractivity contribution in [1.29, 1.82) is 0 Å². The highest BCUT2D eigenvalue weighted by Crippen LogP contribution is 2.18. The molecule has 146 valence electrons. The number of benzene rings is 2. The van der Waals surface area contributed by atoms with Crippen LogP contribution in [0.5, 0.6) is 0 Å². The van der Waals surface area contributed by atoms with Gasteiger partial charge in [-0.2, -0.15) is 0 Å². The molecule has 2 N–H and O–H groups in total. The highest BCUT2D eigenvalue weighted by Gasteiger charge is 2.16. The standard InChI is InChI=1S/C21H16FN3O4/c1-29-21(28)17-4-2-3-5-18(17)25-20(27)14-10-13(11-23-12-14)19(26)24-16-8-6-15(22)7-9-16/h2-12H,1H3,(H,24,26)(H,25,27). The first-order valence-electron chi connectivity index (χ1n) is 8.48. The van der Waals surface area contributed by atoms with Gasteiger partial charge in [0, 0.05) is 18.1 Å². The highest BCUT2D eigenvalue weighted by molar-refractivity contribution is 6.10. The summed E-state index contributed by atoms with van der Waals surface area (Å²) < 4.78 is 17.7. The SMILES string of the molecule is COC(=O)c1ccccc1NC(=O)c1cncc(C(=O)Nc2ccc(F)cc2)c1. The van der Waals surface area contributed by atoms with E-state index < -0.39 is 23.6 Å².